The van der Waals surface area contributed by atoms with Crippen LogP contribution in [0.4, 0.5) is 8.78 Å². The highest BCUT2D eigenvalue weighted by atomic mass is 19.3. The van der Waals surface area contributed by atoms with Gasteiger partial charge in [0.1, 0.15) is 0 Å². The molecule has 0 aliphatic rings. The van der Waals surface area contributed by atoms with Gasteiger partial charge in [0.25, 0.3) is 0 Å². The summed E-state index contributed by atoms with van der Waals surface area (Å²) in [6.07, 6.45) is -0.343. The van der Waals surface area contributed by atoms with Crippen LogP contribution in [-0.4, -0.2) is 22.2 Å². The minimum absolute atomic E-state index is 0.195. The van der Waals surface area contributed by atoms with E-state index in [1.807, 2.05) is 0 Å². The molecule has 0 saturated heterocycles. The highest BCUT2D eigenvalue weighted by molar-refractivity contribution is 5.86. The van der Waals surface area contributed by atoms with Gasteiger partial charge >= 0.3 is 5.97 Å². The van der Waals surface area contributed by atoms with Gasteiger partial charge in [-0.2, -0.15) is 0 Å². The van der Waals surface area contributed by atoms with Crippen LogP contribution in [0.2, 0.25) is 0 Å². The van der Waals surface area contributed by atoms with Crippen LogP contribution < -0.4 is 0 Å². The van der Waals surface area contributed by atoms with E-state index in [2.05, 4.69) is 5.16 Å². The Morgan fingerprint density at radius 3 is 2.47 bits per heavy atom. The molecule has 0 amide bonds. The first-order valence-corrected chi connectivity index (χ1v) is 5.52. The van der Waals surface area contributed by atoms with Crippen molar-refractivity contribution in [3.05, 3.63) is 41.6 Å². The highest BCUT2D eigenvalue weighted by Gasteiger charge is 2.21. The topological polar surface area (TPSA) is 63.3 Å². The van der Waals surface area contributed by atoms with E-state index in [1.165, 1.54) is 6.07 Å². The molecule has 0 radical (unpaired) electrons. The van der Waals surface area contributed by atoms with Crippen LogP contribution in [0.25, 0.3) is 11.3 Å². The van der Waals surface area contributed by atoms with E-state index in [4.69, 9.17) is 9.63 Å². The van der Waals surface area contributed by atoms with Gasteiger partial charge in [-0.3, -0.25) is 0 Å². The quantitative estimate of drug-likeness (QED) is 0.923. The second kappa shape index (κ2) is 4.79. The summed E-state index contributed by atoms with van der Waals surface area (Å²) in [7, 11) is 0. The standard InChI is InChI=1S/C13H11F2NO3/c1-13(14,15)7-8-2-4-9(5-3-8)11-6-10(12(17)18)16-19-11/h2-6H,7H2,1H3,(H,17,18). The Morgan fingerprint density at radius 1 is 1.37 bits per heavy atom. The average Bonchev–Trinajstić information content (AvgIpc) is 2.77. The largest absolute Gasteiger partial charge is 0.476 e. The number of rotatable bonds is 4. The summed E-state index contributed by atoms with van der Waals surface area (Å²) >= 11 is 0. The predicted molar refractivity (Wildman–Crippen MR) is 63.2 cm³/mol. The maximum atomic E-state index is 12.8. The number of nitrogens with zero attached hydrogens (tertiary/aromatic N) is 1. The van der Waals surface area contributed by atoms with Gasteiger partial charge < -0.3 is 9.63 Å². The van der Waals surface area contributed by atoms with Crippen molar-refractivity contribution in [3.63, 3.8) is 0 Å². The monoisotopic (exact) mass is 267 g/mol. The third kappa shape index (κ3) is 3.37. The van der Waals surface area contributed by atoms with Gasteiger partial charge in [-0.25, -0.2) is 13.6 Å². The van der Waals surface area contributed by atoms with E-state index < -0.39 is 11.9 Å². The number of benzene rings is 1. The normalized spacial score (nSPS) is 11.5. The van der Waals surface area contributed by atoms with Gasteiger partial charge in [0.15, 0.2) is 11.5 Å². The van der Waals surface area contributed by atoms with Gasteiger partial charge in [0, 0.05) is 18.1 Å². The number of aromatic nitrogens is 1. The second-order valence-corrected chi connectivity index (χ2v) is 4.33. The number of carboxylic acids is 1. The van der Waals surface area contributed by atoms with Crippen LogP contribution >= 0.6 is 0 Å². The lowest BCUT2D eigenvalue weighted by atomic mass is 10.0. The molecule has 2 rings (SSSR count). The van der Waals surface area contributed by atoms with Gasteiger partial charge in [0.05, 0.1) is 0 Å². The molecule has 1 N–H and O–H groups in total. The lowest BCUT2D eigenvalue weighted by molar-refractivity contribution is 0.0226. The Kier molecular flexibility index (Phi) is 3.33. The maximum Gasteiger partial charge on any atom is 0.358 e. The maximum absolute atomic E-state index is 12.8. The van der Waals surface area contributed by atoms with E-state index in [-0.39, 0.29) is 17.9 Å². The SMILES string of the molecule is CC(F)(F)Cc1ccc(-c2cc(C(=O)O)no2)cc1. The Hall–Kier alpha value is -2.24. The van der Waals surface area contributed by atoms with Gasteiger partial charge in [-0.15, -0.1) is 0 Å². The molecule has 0 bridgehead atoms. The molecule has 0 saturated carbocycles. The third-order valence-corrected chi connectivity index (χ3v) is 2.48. The van der Waals surface area contributed by atoms with Crippen LogP contribution in [-0.2, 0) is 6.42 Å². The lowest BCUT2D eigenvalue weighted by Gasteiger charge is -2.09. The Balaban J connectivity index is 2.20. The summed E-state index contributed by atoms with van der Waals surface area (Å²) in [5.41, 5.74) is 0.886. The van der Waals surface area contributed by atoms with Crippen molar-refractivity contribution in [3.8, 4) is 11.3 Å². The van der Waals surface area contributed by atoms with E-state index in [9.17, 15) is 13.6 Å². The Bertz CT molecular complexity index is 585. The molecule has 1 aromatic heterocycles. The van der Waals surface area contributed by atoms with Crippen LogP contribution in [0.5, 0.6) is 0 Å². The predicted octanol–water partition coefficient (Wildman–Crippen LogP) is 3.24. The minimum Gasteiger partial charge on any atom is -0.476 e. The third-order valence-electron chi connectivity index (χ3n) is 2.48. The zero-order valence-corrected chi connectivity index (χ0v) is 10.1. The molecule has 0 fully saturated rings. The summed E-state index contributed by atoms with van der Waals surface area (Å²) < 4.78 is 30.5. The molecule has 19 heavy (non-hydrogen) atoms. The summed E-state index contributed by atoms with van der Waals surface area (Å²) in [6, 6.07) is 7.57. The van der Waals surface area contributed by atoms with E-state index >= 15 is 0 Å². The molecule has 0 spiro atoms. The molecule has 0 aliphatic carbocycles. The number of hydrogen-bond donors (Lipinski definition) is 1. The van der Waals surface area contributed by atoms with Crippen LogP contribution in [0.1, 0.15) is 23.0 Å². The average molecular weight is 267 g/mol. The highest BCUT2D eigenvalue weighted by Crippen LogP contribution is 2.23. The van der Waals surface area contributed by atoms with E-state index in [0.29, 0.717) is 11.1 Å². The zero-order chi connectivity index (χ0) is 14.0. The van der Waals surface area contributed by atoms with Crippen LogP contribution in [0.3, 0.4) is 0 Å². The van der Waals surface area contributed by atoms with Crippen molar-refractivity contribution in [2.75, 3.05) is 0 Å². The van der Waals surface area contributed by atoms with E-state index in [1.54, 1.807) is 24.3 Å². The first kappa shape index (κ1) is 13.2. The molecule has 100 valence electrons. The first-order valence-electron chi connectivity index (χ1n) is 5.52. The number of halogens is 2. The summed E-state index contributed by atoms with van der Waals surface area (Å²) in [5, 5.41) is 12.1. The van der Waals surface area contributed by atoms with Crippen molar-refractivity contribution in [1.29, 1.82) is 0 Å². The zero-order valence-electron chi connectivity index (χ0n) is 10.1. The molecule has 4 nitrogen and oxygen atoms in total. The van der Waals surface area contributed by atoms with Crippen molar-refractivity contribution in [2.45, 2.75) is 19.3 Å². The fraction of sp³-hybridized carbons (Fsp3) is 0.231. The smallest absolute Gasteiger partial charge is 0.358 e. The van der Waals surface area contributed by atoms with Crippen molar-refractivity contribution in [2.24, 2.45) is 0 Å². The van der Waals surface area contributed by atoms with Crippen molar-refractivity contribution < 1.29 is 23.2 Å². The summed E-state index contributed by atoms with van der Waals surface area (Å²) in [5.74, 6) is -3.66. The molecule has 0 atom stereocenters. The molecule has 0 unspecified atom stereocenters. The number of alkyl halides is 2. The first-order chi connectivity index (χ1) is 8.85. The van der Waals surface area contributed by atoms with Gasteiger partial charge in [-0.1, -0.05) is 29.4 Å². The molecular weight excluding hydrogens is 256 g/mol. The number of carboxylic acid groups (broad SMARTS) is 1. The second-order valence-electron chi connectivity index (χ2n) is 4.33. The van der Waals surface area contributed by atoms with Gasteiger partial charge in [0.2, 0.25) is 5.92 Å². The lowest BCUT2D eigenvalue weighted by Crippen LogP contribution is -2.13. The number of hydrogen-bond acceptors (Lipinski definition) is 3. The summed E-state index contributed by atoms with van der Waals surface area (Å²) in [4.78, 5) is 10.7. The summed E-state index contributed by atoms with van der Waals surface area (Å²) in [6.45, 7) is 0.858. The molecule has 6 heteroatoms. The fourth-order valence-corrected chi connectivity index (χ4v) is 1.66. The van der Waals surface area contributed by atoms with Crippen molar-refractivity contribution in [1.82, 2.24) is 5.16 Å². The van der Waals surface area contributed by atoms with Crippen LogP contribution in [0, 0.1) is 0 Å². The number of carbonyl (C=O) groups is 1. The number of aromatic carboxylic acids is 1. The molecule has 1 heterocycles. The Labute approximate surface area is 107 Å². The molecule has 1 aromatic carbocycles. The van der Waals surface area contributed by atoms with E-state index in [0.717, 1.165) is 6.92 Å². The molecule has 0 aliphatic heterocycles. The van der Waals surface area contributed by atoms with Gasteiger partial charge in [-0.05, 0) is 12.5 Å². The molecule has 2 aromatic rings. The Morgan fingerprint density at radius 2 is 2.00 bits per heavy atom. The fourth-order valence-electron chi connectivity index (χ4n) is 1.66. The molecular formula is C13H11F2NO3. The minimum atomic E-state index is -2.76. The van der Waals surface area contributed by atoms with Crippen LogP contribution in [0.15, 0.2) is 34.9 Å². The van der Waals surface area contributed by atoms with Crippen molar-refractivity contribution >= 4 is 5.97 Å².